The van der Waals surface area contributed by atoms with Crippen LogP contribution in [0, 0.1) is 0 Å². The quantitative estimate of drug-likeness (QED) is 0.289. The first-order valence-corrected chi connectivity index (χ1v) is 11.0. The first-order valence-electron chi connectivity index (χ1n) is 7.82. The molecule has 0 saturated heterocycles. The van der Waals surface area contributed by atoms with E-state index in [9.17, 15) is 9.90 Å². The van der Waals surface area contributed by atoms with Crippen molar-refractivity contribution in [1.29, 1.82) is 0 Å². The molecule has 2 N–H and O–H groups in total. The molecule has 28 heavy (non-hydrogen) atoms. The maximum Gasteiger partial charge on any atom is 0.293 e. The molecule has 0 spiro atoms. The number of aromatic nitrogens is 2. The first-order chi connectivity index (χ1) is 13.3. The van der Waals surface area contributed by atoms with Crippen molar-refractivity contribution in [2.45, 2.75) is 6.54 Å². The second-order valence-corrected chi connectivity index (χ2v) is 9.16. The molecule has 0 aliphatic rings. The van der Waals surface area contributed by atoms with Gasteiger partial charge in [0.2, 0.25) is 0 Å². The van der Waals surface area contributed by atoms with Gasteiger partial charge in [-0.05, 0) is 83.2 Å². The zero-order chi connectivity index (χ0) is 20.3. The lowest BCUT2D eigenvalue weighted by atomic mass is 10.2. The minimum absolute atomic E-state index is 0.0985. The third kappa shape index (κ3) is 5.31. The fourth-order valence-electron chi connectivity index (χ4n) is 2.29. The molecule has 0 unspecified atom stereocenters. The monoisotopic (exact) mass is 632 g/mol. The lowest BCUT2D eigenvalue weighted by Crippen LogP contribution is -2.19. The number of carbonyl (C=O) groups excluding carboxylic acids is 1. The number of aromatic hydroxyl groups is 1. The number of nitrogens with zero attached hydrogens (tertiary/aromatic N) is 3. The number of hydrazone groups is 1. The Labute approximate surface area is 194 Å². The third-order valence-corrected chi connectivity index (χ3v) is 5.93. The van der Waals surface area contributed by atoms with Crippen molar-refractivity contribution in [3.63, 3.8) is 0 Å². The molecule has 6 nitrogen and oxygen atoms in total. The van der Waals surface area contributed by atoms with Gasteiger partial charge in [-0.3, -0.25) is 9.48 Å². The number of halogens is 4. The van der Waals surface area contributed by atoms with E-state index in [0.29, 0.717) is 25.5 Å². The van der Waals surface area contributed by atoms with E-state index < -0.39 is 5.91 Å². The van der Waals surface area contributed by atoms with Crippen LogP contribution >= 0.6 is 63.7 Å². The molecule has 2 aromatic carbocycles. The number of carbonyl (C=O) groups is 1. The summed E-state index contributed by atoms with van der Waals surface area (Å²) in [5.41, 5.74) is 4.44. The standard InChI is InChI=1S/C18H12Br4N4O2/c19-12-3-1-10(2-4-12)8-26-9-15(22)16(25-26)18(28)24-23-7-11-5-13(20)17(27)14(21)6-11/h1-7,9,27H,8H2,(H,24,28)/b23-7-. The van der Waals surface area contributed by atoms with Crippen molar-refractivity contribution < 1.29 is 9.90 Å². The van der Waals surface area contributed by atoms with Crippen molar-refractivity contribution >= 4 is 75.8 Å². The number of nitrogens with one attached hydrogen (secondary N) is 1. The lowest BCUT2D eigenvalue weighted by molar-refractivity contribution is 0.0948. The molecule has 10 heteroatoms. The predicted molar refractivity (Wildman–Crippen MR) is 122 cm³/mol. The summed E-state index contributed by atoms with van der Waals surface area (Å²) >= 11 is 13.3. The Morgan fingerprint density at radius 2 is 1.75 bits per heavy atom. The summed E-state index contributed by atoms with van der Waals surface area (Å²) in [5.74, 6) is -0.337. The van der Waals surface area contributed by atoms with Crippen molar-refractivity contribution in [1.82, 2.24) is 15.2 Å². The number of phenolic OH excluding ortho intramolecular Hbond substituents is 1. The fourth-order valence-corrected chi connectivity index (χ4v) is 4.27. The number of rotatable bonds is 5. The van der Waals surface area contributed by atoms with E-state index >= 15 is 0 Å². The van der Waals surface area contributed by atoms with Crippen molar-refractivity contribution in [3.05, 3.63) is 77.3 Å². The molecular formula is C18H12Br4N4O2. The predicted octanol–water partition coefficient (Wildman–Crippen LogP) is 5.45. The van der Waals surface area contributed by atoms with Crippen LogP contribution in [0.4, 0.5) is 0 Å². The summed E-state index contributed by atoms with van der Waals surface area (Å²) in [5, 5.41) is 18.0. The molecule has 144 valence electrons. The average Bonchev–Trinajstić information content (AvgIpc) is 3.01. The van der Waals surface area contributed by atoms with E-state index in [4.69, 9.17) is 0 Å². The van der Waals surface area contributed by atoms with Crippen LogP contribution in [-0.4, -0.2) is 27.0 Å². The fraction of sp³-hybridized carbons (Fsp3) is 0.0556. The number of hydrogen-bond acceptors (Lipinski definition) is 4. The molecule has 0 radical (unpaired) electrons. The van der Waals surface area contributed by atoms with Gasteiger partial charge in [0.15, 0.2) is 5.69 Å². The highest BCUT2D eigenvalue weighted by Crippen LogP contribution is 2.32. The Hall–Kier alpha value is -1.49. The van der Waals surface area contributed by atoms with Gasteiger partial charge in [0.1, 0.15) is 5.75 Å². The summed E-state index contributed by atoms with van der Waals surface area (Å²) in [6.45, 7) is 0.540. The van der Waals surface area contributed by atoms with Crippen molar-refractivity contribution in [2.24, 2.45) is 5.10 Å². The highest BCUT2D eigenvalue weighted by Gasteiger charge is 2.15. The molecule has 1 aromatic heterocycles. The summed E-state index contributed by atoms with van der Waals surface area (Å²) in [4.78, 5) is 12.4. The molecule has 0 atom stereocenters. The first kappa shape index (κ1) is 21.2. The van der Waals surface area contributed by atoms with E-state index in [2.05, 4.69) is 79.3 Å². The van der Waals surface area contributed by atoms with Gasteiger partial charge >= 0.3 is 0 Å². The summed E-state index contributed by atoms with van der Waals surface area (Å²) < 4.78 is 4.30. The second-order valence-electron chi connectivity index (χ2n) is 5.68. The lowest BCUT2D eigenvalue weighted by Gasteiger charge is -2.02. The average molecular weight is 636 g/mol. The molecule has 3 aromatic rings. The van der Waals surface area contributed by atoms with Crippen LogP contribution < -0.4 is 5.43 Å². The highest BCUT2D eigenvalue weighted by molar-refractivity contribution is 9.11. The molecule has 0 bridgehead atoms. The molecule has 0 saturated carbocycles. The number of phenols is 1. The van der Waals surface area contributed by atoms with Gasteiger partial charge in [-0.1, -0.05) is 28.1 Å². The molecule has 1 heterocycles. The summed E-state index contributed by atoms with van der Waals surface area (Å²) in [6, 6.07) is 11.2. The van der Waals surface area contributed by atoms with Crippen LogP contribution in [0.3, 0.4) is 0 Å². The molecule has 0 aliphatic carbocycles. The van der Waals surface area contributed by atoms with Gasteiger partial charge in [-0.2, -0.15) is 10.2 Å². The van der Waals surface area contributed by atoms with E-state index in [1.165, 1.54) is 6.21 Å². The van der Waals surface area contributed by atoms with Gasteiger partial charge < -0.3 is 5.11 Å². The SMILES string of the molecule is O=C(N/N=C\c1cc(Br)c(O)c(Br)c1)c1nn(Cc2ccc(Br)cc2)cc1Br. The van der Waals surface area contributed by atoms with Gasteiger partial charge in [-0.15, -0.1) is 0 Å². The van der Waals surface area contributed by atoms with Gasteiger partial charge in [-0.25, -0.2) is 5.43 Å². The van der Waals surface area contributed by atoms with Crippen LogP contribution in [0.25, 0.3) is 0 Å². The Balaban J connectivity index is 1.67. The molecule has 0 fully saturated rings. The topological polar surface area (TPSA) is 79.5 Å². The van der Waals surface area contributed by atoms with Crippen LogP contribution in [0.2, 0.25) is 0 Å². The van der Waals surface area contributed by atoms with Crippen LogP contribution in [0.1, 0.15) is 21.6 Å². The number of hydrogen-bond donors (Lipinski definition) is 2. The minimum atomic E-state index is -0.436. The third-order valence-electron chi connectivity index (χ3n) is 3.61. The number of benzene rings is 2. The van der Waals surface area contributed by atoms with Gasteiger partial charge in [0.05, 0.1) is 26.2 Å². The molecular weight excluding hydrogens is 624 g/mol. The molecule has 0 aliphatic heterocycles. The van der Waals surface area contributed by atoms with Crippen LogP contribution in [0.5, 0.6) is 5.75 Å². The highest BCUT2D eigenvalue weighted by atomic mass is 79.9. The largest absolute Gasteiger partial charge is 0.506 e. The second kappa shape index (κ2) is 9.34. The normalized spacial score (nSPS) is 11.1. The smallest absolute Gasteiger partial charge is 0.293 e. The summed E-state index contributed by atoms with van der Waals surface area (Å²) in [6.07, 6.45) is 3.22. The van der Waals surface area contributed by atoms with E-state index in [1.54, 1.807) is 23.0 Å². The Morgan fingerprint density at radius 3 is 2.39 bits per heavy atom. The maximum absolute atomic E-state index is 12.4. The van der Waals surface area contributed by atoms with E-state index in [-0.39, 0.29) is 11.4 Å². The van der Waals surface area contributed by atoms with Crippen LogP contribution in [-0.2, 0) is 6.54 Å². The molecule has 1 amide bonds. The van der Waals surface area contributed by atoms with E-state index in [0.717, 1.165) is 10.0 Å². The van der Waals surface area contributed by atoms with Gasteiger partial charge in [0.25, 0.3) is 5.91 Å². The minimum Gasteiger partial charge on any atom is -0.506 e. The zero-order valence-corrected chi connectivity index (χ0v) is 20.4. The van der Waals surface area contributed by atoms with Crippen molar-refractivity contribution in [3.8, 4) is 5.75 Å². The Bertz CT molecular complexity index is 1030. The van der Waals surface area contributed by atoms with Gasteiger partial charge in [0, 0.05) is 10.7 Å². The molecule has 3 rings (SSSR count). The summed E-state index contributed by atoms with van der Waals surface area (Å²) in [7, 11) is 0. The number of amides is 1. The Morgan fingerprint density at radius 1 is 1.11 bits per heavy atom. The zero-order valence-electron chi connectivity index (χ0n) is 14.0. The maximum atomic E-state index is 12.4. The Kier molecular flexibility index (Phi) is 7.08. The van der Waals surface area contributed by atoms with Crippen molar-refractivity contribution in [2.75, 3.05) is 0 Å². The van der Waals surface area contributed by atoms with E-state index in [1.807, 2.05) is 24.3 Å². The van der Waals surface area contributed by atoms with Crippen LogP contribution in [0.15, 0.2) is 65.6 Å².